The molecule has 172 valence electrons. The smallest absolute Gasteiger partial charge is 0.329 e. The van der Waals surface area contributed by atoms with E-state index in [0.29, 0.717) is 0 Å². The lowest BCUT2D eigenvalue weighted by atomic mass is 9.96. The summed E-state index contributed by atoms with van der Waals surface area (Å²) in [7, 11) is 0. The van der Waals surface area contributed by atoms with E-state index in [0.717, 1.165) is 6.07 Å². The average Bonchev–Trinajstić information content (AvgIpc) is 2.93. The molecule has 0 aromatic heterocycles. The number of fused-ring (bicyclic) bond motifs is 1. The minimum Gasteiger partial charge on any atom is -0.508 e. The Labute approximate surface area is 181 Å². The van der Waals surface area contributed by atoms with Gasteiger partial charge in [-0.25, -0.2) is 9.18 Å². The van der Waals surface area contributed by atoms with Gasteiger partial charge in [-0.1, -0.05) is 0 Å². The second-order valence-corrected chi connectivity index (χ2v) is 9.50. The molecule has 2 N–H and O–H groups in total. The highest BCUT2D eigenvalue weighted by Crippen LogP contribution is 2.40. The van der Waals surface area contributed by atoms with Gasteiger partial charge in [0.15, 0.2) is 0 Å². The van der Waals surface area contributed by atoms with E-state index in [2.05, 4.69) is 5.32 Å². The predicted molar refractivity (Wildman–Crippen MR) is 109 cm³/mol. The van der Waals surface area contributed by atoms with Gasteiger partial charge in [0, 0.05) is 30.0 Å². The van der Waals surface area contributed by atoms with E-state index in [-0.39, 0.29) is 30.1 Å². The Balaban J connectivity index is 2.11. The predicted octanol–water partition coefficient (Wildman–Crippen LogP) is 2.96. The van der Waals surface area contributed by atoms with Crippen LogP contribution in [-0.2, 0) is 23.9 Å². The first-order chi connectivity index (χ1) is 14.1. The summed E-state index contributed by atoms with van der Waals surface area (Å²) in [6, 6.07) is 0.972. The van der Waals surface area contributed by atoms with Gasteiger partial charge in [0.2, 0.25) is 5.91 Å². The molecule has 0 radical (unpaired) electrons. The maximum atomic E-state index is 14.3. The lowest BCUT2D eigenvalue weighted by Crippen LogP contribution is -2.46. The Hall–Kier alpha value is -2.84. The number of phenolic OH excluding ortho intramolecular Hbond substituents is 1. The lowest BCUT2D eigenvalue weighted by molar-refractivity contribution is -0.165. The monoisotopic (exact) mass is 439 g/mol. The standard InChI is InChI=1S/C22H30FNO7/c1-21(2,3)30-18(27)10-15(20(28)31-22(4,5)6)24-17(26)7-12-11-29-16-9-13(25)8-14(23)19(12)16/h8-9,12,15,25H,7,10-11H2,1-6H3,(H,24,26)/t12?,15-/m0/s1. The van der Waals surface area contributed by atoms with Crippen LogP contribution in [0.5, 0.6) is 11.5 Å². The second-order valence-electron chi connectivity index (χ2n) is 9.50. The molecule has 9 heteroatoms. The fraction of sp³-hybridized carbons (Fsp3) is 0.591. The van der Waals surface area contributed by atoms with E-state index in [1.54, 1.807) is 41.5 Å². The van der Waals surface area contributed by atoms with E-state index in [9.17, 15) is 23.9 Å². The van der Waals surface area contributed by atoms with Crippen molar-refractivity contribution in [2.45, 2.75) is 77.5 Å². The SMILES string of the molecule is CC(C)(C)OC(=O)C[C@H](NC(=O)CC1COc2cc(O)cc(F)c21)C(=O)OC(C)(C)C. The molecule has 1 amide bonds. The second kappa shape index (κ2) is 9.11. The van der Waals surface area contributed by atoms with Crippen LogP contribution in [0.1, 0.15) is 65.9 Å². The number of hydrogen-bond donors (Lipinski definition) is 2. The molecular formula is C22H30FNO7. The zero-order chi connectivity index (χ0) is 23.6. The number of rotatable bonds is 6. The Bertz CT molecular complexity index is 855. The summed E-state index contributed by atoms with van der Waals surface area (Å²) in [6.45, 7) is 10.1. The quantitative estimate of drug-likeness (QED) is 0.656. The van der Waals surface area contributed by atoms with Crippen molar-refractivity contribution in [2.75, 3.05) is 6.61 Å². The first-order valence-corrected chi connectivity index (χ1v) is 10.0. The molecule has 1 aliphatic heterocycles. The normalized spacial score (nSPS) is 16.7. The highest BCUT2D eigenvalue weighted by molar-refractivity contribution is 5.88. The zero-order valence-electron chi connectivity index (χ0n) is 18.7. The van der Waals surface area contributed by atoms with Crippen molar-refractivity contribution in [2.24, 2.45) is 0 Å². The van der Waals surface area contributed by atoms with E-state index >= 15 is 0 Å². The lowest BCUT2D eigenvalue weighted by Gasteiger charge is -2.26. The summed E-state index contributed by atoms with van der Waals surface area (Å²) in [4.78, 5) is 37.4. The minimum absolute atomic E-state index is 0.0479. The molecule has 0 fully saturated rings. The number of nitrogens with one attached hydrogen (secondary N) is 1. The van der Waals surface area contributed by atoms with Crippen LogP contribution in [0.25, 0.3) is 0 Å². The van der Waals surface area contributed by atoms with Crippen molar-refractivity contribution < 1.29 is 38.1 Å². The molecular weight excluding hydrogens is 409 g/mol. The van der Waals surface area contributed by atoms with E-state index in [1.807, 2.05) is 0 Å². The molecule has 2 rings (SSSR count). The third kappa shape index (κ3) is 7.41. The van der Waals surface area contributed by atoms with Crippen LogP contribution in [0, 0.1) is 5.82 Å². The van der Waals surface area contributed by atoms with Gasteiger partial charge in [0.25, 0.3) is 0 Å². The molecule has 1 aliphatic rings. The fourth-order valence-corrected chi connectivity index (χ4v) is 3.12. The molecule has 8 nitrogen and oxygen atoms in total. The van der Waals surface area contributed by atoms with E-state index < -0.39 is 53.2 Å². The first kappa shape index (κ1) is 24.4. The Kier molecular flexibility index (Phi) is 7.18. The van der Waals surface area contributed by atoms with Gasteiger partial charge < -0.3 is 24.6 Å². The van der Waals surface area contributed by atoms with Crippen LogP contribution < -0.4 is 10.1 Å². The number of esters is 2. The largest absolute Gasteiger partial charge is 0.508 e. The summed E-state index contributed by atoms with van der Waals surface area (Å²) in [5.41, 5.74) is -1.39. The number of phenols is 1. The first-order valence-electron chi connectivity index (χ1n) is 10.0. The molecule has 2 atom stereocenters. The maximum Gasteiger partial charge on any atom is 0.329 e. The van der Waals surface area contributed by atoms with Crippen LogP contribution in [-0.4, -0.2) is 46.8 Å². The molecule has 1 heterocycles. The van der Waals surface area contributed by atoms with Crippen LogP contribution in [0.4, 0.5) is 4.39 Å². The van der Waals surface area contributed by atoms with Crippen molar-refractivity contribution >= 4 is 17.8 Å². The van der Waals surface area contributed by atoms with E-state index in [1.165, 1.54) is 6.07 Å². The number of aromatic hydroxyl groups is 1. The molecule has 0 aliphatic carbocycles. The highest BCUT2D eigenvalue weighted by atomic mass is 19.1. The number of carbonyl (C=O) groups excluding carboxylic acids is 3. The topological polar surface area (TPSA) is 111 Å². The van der Waals surface area contributed by atoms with Crippen LogP contribution >= 0.6 is 0 Å². The molecule has 0 saturated heterocycles. The van der Waals surface area contributed by atoms with Crippen molar-refractivity contribution in [1.82, 2.24) is 5.32 Å². The molecule has 0 bridgehead atoms. The third-order valence-electron chi connectivity index (χ3n) is 4.17. The Morgan fingerprint density at radius 3 is 2.35 bits per heavy atom. The number of benzene rings is 1. The van der Waals surface area contributed by atoms with Crippen LogP contribution in [0.3, 0.4) is 0 Å². The molecule has 0 spiro atoms. The van der Waals surface area contributed by atoms with Gasteiger partial charge in [0.05, 0.1) is 13.0 Å². The number of hydrogen-bond acceptors (Lipinski definition) is 7. The molecule has 0 saturated carbocycles. The number of ether oxygens (including phenoxy) is 3. The molecule has 1 unspecified atom stereocenters. The summed E-state index contributed by atoms with van der Waals surface area (Å²) in [6.07, 6.45) is -0.583. The van der Waals surface area contributed by atoms with Gasteiger partial charge >= 0.3 is 11.9 Å². The summed E-state index contributed by atoms with van der Waals surface area (Å²) in [5, 5.41) is 12.0. The van der Waals surface area contributed by atoms with Crippen LogP contribution in [0.15, 0.2) is 12.1 Å². The zero-order valence-corrected chi connectivity index (χ0v) is 18.7. The molecule has 1 aromatic rings. The van der Waals surface area contributed by atoms with Crippen molar-refractivity contribution in [3.05, 3.63) is 23.5 Å². The van der Waals surface area contributed by atoms with Crippen LogP contribution in [0.2, 0.25) is 0 Å². The van der Waals surface area contributed by atoms with Gasteiger partial charge in [-0.2, -0.15) is 0 Å². The van der Waals surface area contributed by atoms with Crippen molar-refractivity contribution in [3.8, 4) is 11.5 Å². The molecule has 31 heavy (non-hydrogen) atoms. The van der Waals surface area contributed by atoms with Gasteiger partial charge in [-0.3, -0.25) is 9.59 Å². The van der Waals surface area contributed by atoms with Crippen molar-refractivity contribution in [1.29, 1.82) is 0 Å². The maximum absolute atomic E-state index is 14.3. The Morgan fingerprint density at radius 2 is 1.77 bits per heavy atom. The highest BCUT2D eigenvalue weighted by Gasteiger charge is 2.34. The number of amides is 1. The fourth-order valence-electron chi connectivity index (χ4n) is 3.12. The minimum atomic E-state index is -1.26. The van der Waals surface area contributed by atoms with Gasteiger partial charge in [-0.05, 0) is 41.5 Å². The summed E-state index contributed by atoms with van der Waals surface area (Å²) >= 11 is 0. The third-order valence-corrected chi connectivity index (χ3v) is 4.17. The number of carbonyl (C=O) groups is 3. The van der Waals surface area contributed by atoms with Crippen molar-refractivity contribution in [3.63, 3.8) is 0 Å². The molecule has 1 aromatic carbocycles. The summed E-state index contributed by atoms with van der Waals surface area (Å²) in [5.74, 6) is -3.39. The average molecular weight is 439 g/mol. The Morgan fingerprint density at radius 1 is 1.16 bits per heavy atom. The summed E-state index contributed by atoms with van der Waals surface area (Å²) < 4.78 is 30.2. The van der Waals surface area contributed by atoms with E-state index in [4.69, 9.17) is 14.2 Å². The van der Waals surface area contributed by atoms with Gasteiger partial charge in [-0.15, -0.1) is 0 Å². The number of halogens is 1. The van der Waals surface area contributed by atoms with Gasteiger partial charge in [0.1, 0.15) is 34.6 Å².